The van der Waals surface area contributed by atoms with Gasteiger partial charge in [-0.15, -0.1) is 0 Å². The molecule has 0 bridgehead atoms. The molecule has 0 spiro atoms. The summed E-state index contributed by atoms with van der Waals surface area (Å²) in [7, 11) is 0. The number of carbonyl (C=O) groups excluding carboxylic acids is 2. The highest BCUT2D eigenvalue weighted by molar-refractivity contribution is 5.88. The predicted molar refractivity (Wildman–Crippen MR) is 107 cm³/mol. The van der Waals surface area contributed by atoms with E-state index >= 15 is 0 Å². The molecule has 7 heteroatoms. The molecule has 0 aliphatic carbocycles. The number of rotatable bonds is 5. The van der Waals surface area contributed by atoms with Crippen LogP contribution >= 0.6 is 0 Å². The molecule has 0 saturated carbocycles. The monoisotopic (exact) mass is 395 g/mol. The highest BCUT2D eigenvalue weighted by Crippen LogP contribution is 2.28. The summed E-state index contributed by atoms with van der Waals surface area (Å²) in [4.78, 5) is 27.7. The van der Waals surface area contributed by atoms with Crippen molar-refractivity contribution < 1.29 is 19.1 Å². The Morgan fingerprint density at radius 3 is 2.36 bits per heavy atom. The van der Waals surface area contributed by atoms with Crippen molar-refractivity contribution in [2.45, 2.75) is 83.1 Å². The largest absolute Gasteiger partial charge is 0.444 e. The first kappa shape index (κ1) is 21.5. The Bertz CT molecular complexity index is 528. The Kier molecular flexibility index (Phi) is 7.34. The van der Waals surface area contributed by atoms with Gasteiger partial charge in [-0.1, -0.05) is 0 Å². The molecular formula is C21H37N3O4. The number of likely N-dealkylation sites (tertiary alicyclic amines) is 1. The van der Waals surface area contributed by atoms with E-state index < -0.39 is 5.60 Å². The molecule has 3 fully saturated rings. The van der Waals surface area contributed by atoms with Crippen molar-refractivity contribution >= 4 is 11.9 Å². The molecule has 160 valence electrons. The molecule has 3 heterocycles. The first-order valence-electron chi connectivity index (χ1n) is 10.9. The summed E-state index contributed by atoms with van der Waals surface area (Å²) in [6, 6.07) is 0.0604. The highest BCUT2D eigenvalue weighted by atomic mass is 16.6. The number of hydrogen-bond donors (Lipinski definition) is 2. The lowest BCUT2D eigenvalue weighted by molar-refractivity contribution is -0.136. The Morgan fingerprint density at radius 2 is 1.79 bits per heavy atom. The number of nitrogens with one attached hydrogen (secondary N) is 2. The molecule has 1 amide bonds. The van der Waals surface area contributed by atoms with Crippen LogP contribution in [0.5, 0.6) is 0 Å². The predicted octanol–water partition coefficient (Wildman–Crippen LogP) is 2.09. The lowest BCUT2D eigenvalue weighted by atomic mass is 9.83. The van der Waals surface area contributed by atoms with E-state index in [0.717, 1.165) is 64.7 Å². The van der Waals surface area contributed by atoms with Gasteiger partial charge in [-0.2, -0.15) is 0 Å². The minimum Gasteiger partial charge on any atom is -0.444 e. The minimum absolute atomic E-state index is 0.0484. The smallest absolute Gasteiger partial charge is 0.407 e. The van der Waals surface area contributed by atoms with Gasteiger partial charge in [0.2, 0.25) is 0 Å². The number of alkyl carbamates (subject to hydrolysis) is 1. The molecule has 7 nitrogen and oxygen atoms in total. The van der Waals surface area contributed by atoms with Gasteiger partial charge in [0, 0.05) is 25.7 Å². The molecule has 3 saturated heterocycles. The molecule has 0 aromatic carbocycles. The number of piperidine rings is 2. The summed E-state index contributed by atoms with van der Waals surface area (Å²) in [6.45, 7) is 9.94. The molecule has 0 aromatic heterocycles. The van der Waals surface area contributed by atoms with Crippen LogP contribution in [0, 0.1) is 5.92 Å². The van der Waals surface area contributed by atoms with E-state index in [4.69, 9.17) is 9.47 Å². The maximum Gasteiger partial charge on any atom is 0.407 e. The van der Waals surface area contributed by atoms with Gasteiger partial charge in [-0.25, -0.2) is 4.79 Å². The van der Waals surface area contributed by atoms with E-state index in [1.54, 1.807) is 0 Å². The molecule has 28 heavy (non-hydrogen) atoms. The van der Waals surface area contributed by atoms with Crippen LogP contribution in [0.15, 0.2) is 0 Å². The Labute approximate surface area is 168 Å². The van der Waals surface area contributed by atoms with Crippen LogP contribution < -0.4 is 10.6 Å². The maximum atomic E-state index is 13.3. The quantitative estimate of drug-likeness (QED) is 0.742. The number of carbonyl (C=O) groups is 2. The normalized spacial score (nSPS) is 26.8. The van der Waals surface area contributed by atoms with E-state index in [9.17, 15) is 9.59 Å². The Morgan fingerprint density at radius 1 is 1.11 bits per heavy atom. The molecule has 0 aromatic rings. The third kappa shape index (κ3) is 5.91. The fraction of sp³-hybridized carbons (Fsp3) is 0.905. The molecule has 2 N–H and O–H groups in total. The number of Topliss-reactive ketones (excluding diaryl/α,β-unsaturated/α-hetero) is 1. The zero-order chi connectivity index (χ0) is 20.1. The molecule has 2 unspecified atom stereocenters. The summed E-state index contributed by atoms with van der Waals surface area (Å²) in [5.41, 5.74) is -0.488. The lowest BCUT2D eigenvalue weighted by Gasteiger charge is -2.42. The zero-order valence-electron chi connectivity index (χ0n) is 17.7. The van der Waals surface area contributed by atoms with Gasteiger partial charge in [-0.05, 0) is 78.3 Å². The van der Waals surface area contributed by atoms with Crippen molar-refractivity contribution in [2.75, 3.05) is 32.8 Å². The Hall–Kier alpha value is -1.18. The van der Waals surface area contributed by atoms with E-state index in [-0.39, 0.29) is 30.1 Å². The SMILES string of the molecule is CC(C)(C)OC(=O)NC1CCN(C(C(=O)C2CCCO2)C2CCNCC2)CC1. The van der Waals surface area contributed by atoms with Crippen LogP contribution in [-0.2, 0) is 14.3 Å². The van der Waals surface area contributed by atoms with Gasteiger partial charge in [0.1, 0.15) is 11.7 Å². The molecular weight excluding hydrogens is 358 g/mol. The van der Waals surface area contributed by atoms with Crippen LogP contribution in [0.3, 0.4) is 0 Å². The number of ketones is 1. The van der Waals surface area contributed by atoms with Gasteiger partial charge in [-0.3, -0.25) is 9.69 Å². The summed E-state index contributed by atoms with van der Waals surface area (Å²) in [5.74, 6) is 0.677. The van der Waals surface area contributed by atoms with Crippen molar-refractivity contribution in [2.24, 2.45) is 5.92 Å². The number of hydrogen-bond acceptors (Lipinski definition) is 6. The van der Waals surface area contributed by atoms with Gasteiger partial charge in [0.25, 0.3) is 0 Å². The topological polar surface area (TPSA) is 79.9 Å². The first-order valence-corrected chi connectivity index (χ1v) is 10.9. The fourth-order valence-electron chi connectivity index (χ4n) is 4.66. The summed E-state index contributed by atoms with van der Waals surface area (Å²) in [5, 5.41) is 6.40. The van der Waals surface area contributed by atoms with Crippen LogP contribution in [0.25, 0.3) is 0 Å². The minimum atomic E-state index is -0.488. The molecule has 3 aliphatic rings. The standard InChI is InChI=1S/C21H37N3O4/c1-21(2,3)28-20(26)23-16-8-12-24(13-9-16)18(15-6-10-22-11-7-15)19(25)17-5-4-14-27-17/h15-18,22H,4-14H2,1-3H3,(H,23,26). The second-order valence-corrected chi connectivity index (χ2v) is 9.39. The average Bonchev–Trinajstić information content (AvgIpc) is 3.17. The van der Waals surface area contributed by atoms with Crippen molar-refractivity contribution in [3.05, 3.63) is 0 Å². The average molecular weight is 396 g/mol. The second kappa shape index (κ2) is 9.55. The van der Waals surface area contributed by atoms with E-state index in [2.05, 4.69) is 15.5 Å². The van der Waals surface area contributed by atoms with Crippen LogP contribution in [-0.4, -0.2) is 73.4 Å². The number of nitrogens with zero attached hydrogens (tertiary/aromatic N) is 1. The number of ether oxygens (including phenoxy) is 2. The van der Waals surface area contributed by atoms with Crippen LogP contribution in [0.1, 0.15) is 59.3 Å². The lowest BCUT2D eigenvalue weighted by Crippen LogP contribution is -2.56. The fourth-order valence-corrected chi connectivity index (χ4v) is 4.66. The maximum absolute atomic E-state index is 13.3. The van der Waals surface area contributed by atoms with Crippen molar-refractivity contribution in [1.82, 2.24) is 15.5 Å². The number of amides is 1. The van der Waals surface area contributed by atoms with Crippen molar-refractivity contribution in [3.8, 4) is 0 Å². The van der Waals surface area contributed by atoms with Gasteiger partial charge in [0.05, 0.1) is 6.04 Å². The zero-order valence-corrected chi connectivity index (χ0v) is 17.7. The summed E-state index contributed by atoms with van der Waals surface area (Å²) < 4.78 is 11.1. The third-order valence-electron chi connectivity index (χ3n) is 6.01. The summed E-state index contributed by atoms with van der Waals surface area (Å²) in [6.07, 6.45) is 5.04. The molecule has 3 aliphatic heterocycles. The van der Waals surface area contributed by atoms with Crippen molar-refractivity contribution in [1.29, 1.82) is 0 Å². The van der Waals surface area contributed by atoms with E-state index in [0.29, 0.717) is 12.5 Å². The van der Waals surface area contributed by atoms with Gasteiger partial charge < -0.3 is 20.1 Å². The van der Waals surface area contributed by atoms with E-state index in [1.807, 2.05) is 20.8 Å². The third-order valence-corrected chi connectivity index (χ3v) is 6.01. The van der Waals surface area contributed by atoms with Crippen LogP contribution in [0.4, 0.5) is 4.79 Å². The highest BCUT2D eigenvalue weighted by Gasteiger charge is 2.40. The van der Waals surface area contributed by atoms with E-state index in [1.165, 1.54) is 0 Å². The Balaban J connectivity index is 1.57. The van der Waals surface area contributed by atoms with Crippen molar-refractivity contribution in [3.63, 3.8) is 0 Å². The summed E-state index contributed by atoms with van der Waals surface area (Å²) >= 11 is 0. The van der Waals surface area contributed by atoms with Gasteiger partial charge >= 0.3 is 6.09 Å². The van der Waals surface area contributed by atoms with Gasteiger partial charge in [0.15, 0.2) is 5.78 Å². The molecule has 3 rings (SSSR count). The molecule has 2 atom stereocenters. The molecule has 0 radical (unpaired) electrons. The first-order chi connectivity index (χ1) is 13.3. The van der Waals surface area contributed by atoms with Crippen LogP contribution in [0.2, 0.25) is 0 Å². The second-order valence-electron chi connectivity index (χ2n) is 9.39.